The summed E-state index contributed by atoms with van der Waals surface area (Å²) in [7, 11) is 0. The molecule has 6 unspecified atom stereocenters. The van der Waals surface area contributed by atoms with Crippen LogP contribution in [0.2, 0.25) is 0 Å². The zero-order valence-corrected chi connectivity index (χ0v) is 32.9. The van der Waals surface area contributed by atoms with Crippen molar-refractivity contribution in [2.75, 3.05) is 52.7 Å². The third-order valence-corrected chi connectivity index (χ3v) is 9.57. The maximum absolute atomic E-state index is 13.4. The van der Waals surface area contributed by atoms with Gasteiger partial charge in [0, 0.05) is 25.4 Å². The summed E-state index contributed by atoms with van der Waals surface area (Å²) in [6.07, 6.45) is 2.68. The number of hydrogen-bond donors (Lipinski definition) is 9. The standard InChI is InChI=1S/C42H64N2O13/c1-28(44-14-6-2-11-36(49)25-45)29-18-30(21-33(19-29)40(52)54-15-7-3-10-35(48)24-43)31-20-32(39-42(57-39)56-17-9-5-13-38(51)27-47)23-34(22-31)41(53)55-16-8-4-12-37(50)26-46/h18-23,35-39,42,44-51H,1-17,24-27,43H2. The van der Waals surface area contributed by atoms with E-state index in [4.69, 9.17) is 40.0 Å². The zero-order valence-electron chi connectivity index (χ0n) is 32.9. The third-order valence-electron chi connectivity index (χ3n) is 9.57. The quantitative estimate of drug-likeness (QED) is 0.0302. The number of benzene rings is 2. The largest absolute Gasteiger partial charge is 0.462 e. The molecule has 0 amide bonds. The first-order valence-electron chi connectivity index (χ1n) is 20.1. The van der Waals surface area contributed by atoms with Gasteiger partial charge in [-0.2, -0.15) is 0 Å². The van der Waals surface area contributed by atoms with E-state index in [2.05, 4.69) is 11.9 Å². The number of esters is 2. The van der Waals surface area contributed by atoms with Gasteiger partial charge in [-0.3, -0.25) is 0 Å². The topological polar surface area (TPSA) is 254 Å². The highest BCUT2D eigenvalue weighted by atomic mass is 16.8. The molecular weight excluding hydrogens is 740 g/mol. The number of nitrogens with two attached hydrogens (primary N) is 1. The summed E-state index contributed by atoms with van der Waals surface area (Å²) >= 11 is 0. The number of hydrogen-bond acceptors (Lipinski definition) is 15. The number of unbranched alkanes of at least 4 members (excludes halogenated alkanes) is 4. The average Bonchev–Trinajstić information content (AvgIpc) is 4.01. The van der Waals surface area contributed by atoms with E-state index in [-0.39, 0.29) is 50.7 Å². The minimum Gasteiger partial charge on any atom is -0.462 e. The molecule has 2 aromatic carbocycles. The fourth-order valence-corrected chi connectivity index (χ4v) is 6.03. The second-order valence-corrected chi connectivity index (χ2v) is 14.5. The Labute approximate surface area is 335 Å². The number of aliphatic hydroxyl groups is 7. The predicted octanol–water partition coefficient (Wildman–Crippen LogP) is 2.70. The van der Waals surface area contributed by atoms with Crippen LogP contribution in [0.1, 0.15) is 115 Å². The van der Waals surface area contributed by atoms with Gasteiger partial charge in [-0.15, -0.1) is 0 Å². The zero-order chi connectivity index (χ0) is 41.6. The van der Waals surface area contributed by atoms with Crippen LogP contribution in [0.5, 0.6) is 0 Å². The summed E-state index contributed by atoms with van der Waals surface area (Å²) in [6.45, 7) is 4.58. The van der Waals surface area contributed by atoms with E-state index in [0.717, 1.165) is 0 Å². The number of ether oxygens (including phenoxy) is 4. The smallest absolute Gasteiger partial charge is 0.338 e. The number of carbonyl (C=O) groups is 2. The molecule has 1 aliphatic rings. The van der Waals surface area contributed by atoms with E-state index < -0.39 is 48.7 Å². The Balaban J connectivity index is 1.87. The van der Waals surface area contributed by atoms with E-state index in [1.165, 1.54) is 0 Å². The molecular formula is C42H64N2O13. The molecule has 1 aliphatic heterocycles. The Morgan fingerprint density at radius 2 is 1.12 bits per heavy atom. The molecule has 0 saturated carbocycles. The van der Waals surface area contributed by atoms with Crippen LogP contribution in [0.3, 0.4) is 0 Å². The van der Waals surface area contributed by atoms with Crippen LogP contribution < -0.4 is 11.1 Å². The summed E-state index contributed by atoms with van der Waals surface area (Å²) in [6, 6.07) is 10.4. The van der Waals surface area contributed by atoms with E-state index in [1.807, 2.05) is 12.1 Å². The molecule has 0 aliphatic carbocycles. The van der Waals surface area contributed by atoms with Gasteiger partial charge in [0.05, 0.1) is 68.6 Å². The third kappa shape index (κ3) is 17.9. The highest BCUT2D eigenvalue weighted by molar-refractivity contribution is 5.94. The predicted molar refractivity (Wildman–Crippen MR) is 213 cm³/mol. The highest BCUT2D eigenvalue weighted by Gasteiger charge is 2.42. The van der Waals surface area contributed by atoms with Crippen molar-refractivity contribution in [3.63, 3.8) is 0 Å². The Morgan fingerprint density at radius 3 is 1.67 bits per heavy atom. The molecule has 2 aromatic rings. The Kier molecular flexibility index (Phi) is 22.3. The van der Waals surface area contributed by atoms with E-state index >= 15 is 0 Å². The van der Waals surface area contributed by atoms with Crippen LogP contribution in [0.15, 0.2) is 43.0 Å². The number of epoxide rings is 1. The van der Waals surface area contributed by atoms with Crippen molar-refractivity contribution in [3.05, 3.63) is 65.2 Å². The van der Waals surface area contributed by atoms with Crippen molar-refractivity contribution in [1.29, 1.82) is 0 Å². The summed E-state index contributed by atoms with van der Waals surface area (Å²) in [5.74, 6) is -1.13. The van der Waals surface area contributed by atoms with Crippen molar-refractivity contribution < 1.29 is 64.3 Å². The van der Waals surface area contributed by atoms with Crippen molar-refractivity contribution in [1.82, 2.24) is 5.32 Å². The number of nitrogens with one attached hydrogen (secondary N) is 1. The van der Waals surface area contributed by atoms with Gasteiger partial charge in [0.1, 0.15) is 6.10 Å². The first kappa shape index (κ1) is 47.9. The normalized spacial score (nSPS) is 17.1. The van der Waals surface area contributed by atoms with Gasteiger partial charge in [-0.1, -0.05) is 6.58 Å². The van der Waals surface area contributed by atoms with E-state index in [0.29, 0.717) is 118 Å². The van der Waals surface area contributed by atoms with E-state index in [9.17, 15) is 30.0 Å². The Morgan fingerprint density at radius 1 is 0.649 bits per heavy atom. The van der Waals surface area contributed by atoms with Gasteiger partial charge in [0.2, 0.25) is 0 Å². The van der Waals surface area contributed by atoms with Gasteiger partial charge in [0.15, 0.2) is 6.29 Å². The van der Waals surface area contributed by atoms with Crippen molar-refractivity contribution in [2.24, 2.45) is 5.73 Å². The molecule has 1 heterocycles. The first-order valence-corrected chi connectivity index (χ1v) is 20.1. The van der Waals surface area contributed by atoms with Crippen LogP contribution >= 0.6 is 0 Å². The molecule has 0 radical (unpaired) electrons. The SMILES string of the molecule is C=C(NCCCCC(O)CO)c1cc(C(=O)OCCCCC(O)CN)cc(-c2cc(C(=O)OCCCCC(O)CO)cc(C3OC3OCCCCC(O)CO)c2)c1. The summed E-state index contributed by atoms with van der Waals surface area (Å²) < 4.78 is 23.0. The molecule has 0 bridgehead atoms. The second kappa shape index (κ2) is 26.5. The number of aliphatic hydroxyl groups excluding tert-OH is 7. The maximum atomic E-state index is 13.4. The molecule has 15 heteroatoms. The number of rotatable bonds is 31. The fourth-order valence-electron chi connectivity index (χ4n) is 6.03. The summed E-state index contributed by atoms with van der Waals surface area (Å²) in [5.41, 5.74) is 8.99. The molecule has 57 heavy (non-hydrogen) atoms. The van der Waals surface area contributed by atoms with E-state index in [1.54, 1.807) is 24.3 Å². The molecule has 6 atom stereocenters. The lowest BCUT2D eigenvalue weighted by atomic mass is 9.94. The van der Waals surface area contributed by atoms with Gasteiger partial charge in [0.25, 0.3) is 0 Å². The minimum atomic E-state index is -0.828. The Hall–Kier alpha value is -3.48. The lowest BCUT2D eigenvalue weighted by Gasteiger charge is -2.15. The molecule has 3 rings (SSSR count). The fraction of sp³-hybridized carbons (Fsp3) is 0.619. The number of carbonyl (C=O) groups excluding carboxylic acids is 2. The molecule has 1 fully saturated rings. The highest BCUT2D eigenvalue weighted by Crippen LogP contribution is 2.42. The van der Waals surface area contributed by atoms with Crippen LogP contribution in [0, 0.1) is 0 Å². The molecule has 0 spiro atoms. The van der Waals surface area contributed by atoms with Crippen molar-refractivity contribution in [2.45, 2.75) is 114 Å². The molecule has 320 valence electrons. The molecule has 15 nitrogen and oxygen atoms in total. The lowest BCUT2D eigenvalue weighted by molar-refractivity contribution is 0.0431. The second-order valence-electron chi connectivity index (χ2n) is 14.5. The van der Waals surface area contributed by atoms with Crippen molar-refractivity contribution in [3.8, 4) is 11.1 Å². The monoisotopic (exact) mass is 804 g/mol. The van der Waals surface area contributed by atoms with Crippen LogP contribution in [0.4, 0.5) is 0 Å². The molecule has 10 N–H and O–H groups in total. The lowest BCUT2D eigenvalue weighted by Crippen LogP contribution is -2.19. The van der Waals surface area contributed by atoms with Gasteiger partial charge < -0.3 is 65.7 Å². The average molecular weight is 805 g/mol. The minimum absolute atomic E-state index is 0.105. The van der Waals surface area contributed by atoms with Gasteiger partial charge in [-0.05, 0) is 136 Å². The van der Waals surface area contributed by atoms with Crippen LogP contribution in [-0.2, 0) is 18.9 Å². The molecule has 1 saturated heterocycles. The molecule has 0 aromatic heterocycles. The van der Waals surface area contributed by atoms with Crippen molar-refractivity contribution >= 4 is 17.6 Å². The first-order chi connectivity index (χ1) is 27.5. The van der Waals surface area contributed by atoms with Gasteiger partial charge in [-0.25, -0.2) is 9.59 Å². The Bertz CT molecular complexity index is 1460. The van der Waals surface area contributed by atoms with Crippen LogP contribution in [0.25, 0.3) is 16.8 Å². The maximum Gasteiger partial charge on any atom is 0.338 e. The van der Waals surface area contributed by atoms with Crippen LogP contribution in [-0.4, -0.2) is 131 Å². The van der Waals surface area contributed by atoms with Gasteiger partial charge >= 0.3 is 11.9 Å². The summed E-state index contributed by atoms with van der Waals surface area (Å²) in [5, 5.41) is 69.1. The summed E-state index contributed by atoms with van der Waals surface area (Å²) in [4.78, 5) is 26.9.